The van der Waals surface area contributed by atoms with Gasteiger partial charge in [-0.3, -0.25) is 4.79 Å². The second kappa shape index (κ2) is 6.21. The summed E-state index contributed by atoms with van der Waals surface area (Å²) in [5.41, 5.74) is 5.39. The summed E-state index contributed by atoms with van der Waals surface area (Å²) in [6.45, 7) is 1.49. The molecule has 0 spiro atoms. The molecule has 1 aliphatic rings. The maximum Gasteiger partial charge on any atom is 0.407 e. The Hall–Kier alpha value is -2.87. The van der Waals surface area contributed by atoms with Crippen LogP contribution in [0.4, 0.5) is 9.18 Å². The minimum atomic E-state index is -1.37. The number of nitrogens with two attached hydrogens (primary N) is 1. The van der Waals surface area contributed by atoms with Crippen molar-refractivity contribution in [2.75, 3.05) is 6.54 Å². The van der Waals surface area contributed by atoms with Crippen LogP contribution in [-0.2, 0) is 21.6 Å². The number of rotatable bonds is 5. The summed E-state index contributed by atoms with van der Waals surface area (Å²) in [6, 6.07) is 5.97. The van der Waals surface area contributed by atoms with Crippen molar-refractivity contribution in [3.8, 4) is 5.69 Å². The number of hydrogen-bond donors (Lipinski definition) is 3. The highest BCUT2D eigenvalue weighted by molar-refractivity contribution is 5.88. The number of amides is 2. The zero-order valence-corrected chi connectivity index (χ0v) is 13.5. The largest absolute Gasteiger partial charge is 0.443 e. The highest BCUT2D eigenvalue weighted by Gasteiger charge is 2.47. The fraction of sp³-hybridized carbons (Fsp3) is 0.294. The number of cyclic esters (lactones) is 1. The number of alkyl carbamates (subject to hydrolysis) is 1. The number of benzene rings is 1. The van der Waals surface area contributed by atoms with Crippen LogP contribution in [0.25, 0.3) is 5.69 Å². The van der Waals surface area contributed by atoms with Crippen LogP contribution >= 0.6 is 0 Å². The molecule has 3 rings (SSSR count). The molecule has 0 aliphatic carbocycles. The molecule has 25 heavy (non-hydrogen) atoms. The molecule has 2 heterocycles. The molecule has 4 N–H and O–H groups in total. The zero-order chi connectivity index (χ0) is 18.2. The molecule has 2 aromatic rings. The van der Waals surface area contributed by atoms with Gasteiger partial charge in [0.25, 0.3) is 0 Å². The monoisotopic (exact) mass is 347 g/mol. The van der Waals surface area contributed by atoms with E-state index < -0.39 is 29.3 Å². The summed E-state index contributed by atoms with van der Waals surface area (Å²) in [5.74, 6) is -1.29. The van der Waals surface area contributed by atoms with Crippen molar-refractivity contribution in [2.24, 2.45) is 5.73 Å². The first-order valence-electron chi connectivity index (χ1n) is 7.68. The van der Waals surface area contributed by atoms with Gasteiger partial charge in [-0.25, -0.2) is 9.18 Å². The maximum absolute atomic E-state index is 14.6. The Labute approximate surface area is 143 Å². The van der Waals surface area contributed by atoms with E-state index in [4.69, 9.17) is 15.6 Å². The lowest BCUT2D eigenvalue weighted by atomic mass is 9.76. The predicted octanol–water partition coefficient (Wildman–Crippen LogP) is 0.960. The highest BCUT2D eigenvalue weighted by atomic mass is 19.1. The first-order chi connectivity index (χ1) is 11.9. The van der Waals surface area contributed by atoms with Crippen molar-refractivity contribution in [3.05, 3.63) is 53.6 Å². The van der Waals surface area contributed by atoms with Gasteiger partial charge in [0, 0.05) is 12.4 Å². The van der Waals surface area contributed by atoms with Crippen LogP contribution in [0.3, 0.4) is 0 Å². The number of carbonyl (C=O) groups excluding carboxylic acids is 2. The molecule has 1 aromatic carbocycles. The molecule has 8 heteroatoms. The van der Waals surface area contributed by atoms with Crippen LogP contribution in [0.15, 0.2) is 36.7 Å². The topological polar surface area (TPSA) is 107 Å². The summed E-state index contributed by atoms with van der Waals surface area (Å²) < 4.78 is 21.3. The van der Waals surface area contributed by atoms with E-state index in [0.29, 0.717) is 11.1 Å². The van der Waals surface area contributed by atoms with Gasteiger partial charge in [0.2, 0.25) is 5.91 Å². The molecule has 1 aromatic heterocycles. The first kappa shape index (κ1) is 17.0. The summed E-state index contributed by atoms with van der Waals surface area (Å²) in [6.07, 6.45) is 1.77. The van der Waals surface area contributed by atoms with Crippen molar-refractivity contribution in [1.29, 1.82) is 0 Å². The number of ether oxygens (including phenoxy) is 1. The van der Waals surface area contributed by atoms with Gasteiger partial charge in [-0.15, -0.1) is 0 Å². The lowest BCUT2D eigenvalue weighted by Gasteiger charge is -2.31. The van der Waals surface area contributed by atoms with Gasteiger partial charge in [-0.05, 0) is 36.2 Å². The summed E-state index contributed by atoms with van der Waals surface area (Å²) in [4.78, 5) is 23.4. The standard InChI is InChI=1S/C17H18FN3O4/c1-17(15(19)23,14-7-20-16(24)25-14)11-2-3-13(12(18)6-11)21-5-4-10(8-21)9-22/h2-6,8,14,22H,7,9H2,1H3,(H2,19,23)(H,20,24). The molecule has 1 saturated heterocycles. The lowest BCUT2D eigenvalue weighted by Crippen LogP contribution is -2.49. The van der Waals surface area contributed by atoms with Gasteiger partial charge in [-0.1, -0.05) is 6.07 Å². The van der Waals surface area contributed by atoms with Crippen molar-refractivity contribution < 1.29 is 23.8 Å². The number of aliphatic hydroxyl groups is 1. The third kappa shape index (κ3) is 2.85. The minimum absolute atomic E-state index is 0.110. The summed E-state index contributed by atoms with van der Waals surface area (Å²) in [5, 5.41) is 11.6. The predicted molar refractivity (Wildman–Crippen MR) is 86.5 cm³/mol. The molecule has 132 valence electrons. The average molecular weight is 347 g/mol. The summed E-state index contributed by atoms with van der Waals surface area (Å²) in [7, 11) is 0. The van der Waals surface area contributed by atoms with Crippen LogP contribution in [0, 0.1) is 5.82 Å². The zero-order valence-electron chi connectivity index (χ0n) is 13.5. The third-order valence-electron chi connectivity index (χ3n) is 4.60. The van der Waals surface area contributed by atoms with E-state index in [2.05, 4.69) is 5.32 Å². The molecule has 7 nitrogen and oxygen atoms in total. The van der Waals surface area contributed by atoms with E-state index in [1.165, 1.54) is 23.6 Å². The van der Waals surface area contributed by atoms with Crippen LogP contribution in [-0.4, -0.2) is 34.3 Å². The molecule has 0 saturated carbocycles. The fourth-order valence-corrected chi connectivity index (χ4v) is 2.92. The second-order valence-corrected chi connectivity index (χ2v) is 6.09. The molecule has 0 bridgehead atoms. The molecule has 2 unspecified atom stereocenters. The number of aromatic nitrogens is 1. The van der Waals surface area contributed by atoms with Crippen molar-refractivity contribution in [2.45, 2.75) is 25.0 Å². The van der Waals surface area contributed by atoms with Gasteiger partial charge in [0.15, 0.2) is 0 Å². The molecule has 0 radical (unpaired) electrons. The Balaban J connectivity index is 2.00. The van der Waals surface area contributed by atoms with Gasteiger partial charge in [0.1, 0.15) is 17.3 Å². The van der Waals surface area contributed by atoms with E-state index >= 15 is 0 Å². The van der Waals surface area contributed by atoms with Gasteiger partial charge in [-0.2, -0.15) is 0 Å². The second-order valence-electron chi connectivity index (χ2n) is 6.09. The Morgan fingerprint density at radius 3 is 2.80 bits per heavy atom. The van der Waals surface area contributed by atoms with E-state index in [-0.39, 0.29) is 18.8 Å². The smallest absolute Gasteiger partial charge is 0.407 e. The Bertz CT molecular complexity index is 835. The number of primary amides is 1. The fourth-order valence-electron chi connectivity index (χ4n) is 2.92. The van der Waals surface area contributed by atoms with Crippen molar-refractivity contribution in [1.82, 2.24) is 9.88 Å². The van der Waals surface area contributed by atoms with Gasteiger partial charge < -0.3 is 25.5 Å². The average Bonchev–Trinajstić information content (AvgIpc) is 3.22. The van der Waals surface area contributed by atoms with Gasteiger partial charge in [0.05, 0.1) is 18.8 Å². The molecular formula is C17H18FN3O4. The third-order valence-corrected chi connectivity index (χ3v) is 4.60. The Morgan fingerprint density at radius 2 is 2.28 bits per heavy atom. The number of nitrogens with zero attached hydrogens (tertiary/aromatic N) is 1. The normalized spacial score (nSPS) is 19.2. The van der Waals surface area contributed by atoms with E-state index in [1.54, 1.807) is 24.5 Å². The van der Waals surface area contributed by atoms with Crippen LogP contribution in [0.1, 0.15) is 18.1 Å². The first-order valence-corrected chi connectivity index (χ1v) is 7.68. The number of carbonyl (C=O) groups is 2. The van der Waals surface area contributed by atoms with Crippen LogP contribution < -0.4 is 11.1 Å². The number of nitrogens with one attached hydrogen (secondary N) is 1. The molecule has 1 fully saturated rings. The van der Waals surface area contributed by atoms with Gasteiger partial charge >= 0.3 is 6.09 Å². The van der Waals surface area contributed by atoms with Crippen LogP contribution in [0.2, 0.25) is 0 Å². The van der Waals surface area contributed by atoms with E-state index in [9.17, 15) is 14.0 Å². The molecular weight excluding hydrogens is 329 g/mol. The SMILES string of the molecule is CC(C(N)=O)(c1ccc(-n2ccc(CO)c2)c(F)c1)C1CNC(=O)O1. The Morgan fingerprint density at radius 1 is 1.52 bits per heavy atom. The minimum Gasteiger partial charge on any atom is -0.443 e. The Kier molecular flexibility index (Phi) is 4.22. The number of halogens is 1. The van der Waals surface area contributed by atoms with E-state index in [0.717, 1.165) is 0 Å². The van der Waals surface area contributed by atoms with E-state index in [1.807, 2.05) is 0 Å². The molecule has 2 atom stereocenters. The maximum atomic E-state index is 14.6. The van der Waals surface area contributed by atoms with Crippen molar-refractivity contribution in [3.63, 3.8) is 0 Å². The number of aliphatic hydroxyl groups excluding tert-OH is 1. The highest BCUT2D eigenvalue weighted by Crippen LogP contribution is 2.33. The number of hydrogen-bond acceptors (Lipinski definition) is 4. The summed E-state index contributed by atoms with van der Waals surface area (Å²) >= 11 is 0. The van der Waals surface area contributed by atoms with Crippen molar-refractivity contribution >= 4 is 12.0 Å². The molecule has 2 amide bonds. The quantitative estimate of drug-likeness (QED) is 0.749. The lowest BCUT2D eigenvalue weighted by molar-refractivity contribution is -0.126. The van der Waals surface area contributed by atoms with Crippen LogP contribution in [0.5, 0.6) is 0 Å². The molecule has 1 aliphatic heterocycles.